The number of aryl methyl sites for hydroxylation is 1. The van der Waals surface area contributed by atoms with Gasteiger partial charge in [-0.15, -0.1) is 0 Å². The molecule has 2 unspecified atom stereocenters. The molecule has 2 atom stereocenters. The maximum atomic E-state index is 10.9. The van der Waals surface area contributed by atoms with Crippen LogP contribution in [0.2, 0.25) is 5.02 Å². The maximum absolute atomic E-state index is 10.9. The zero-order valence-electron chi connectivity index (χ0n) is 15.5. The Kier molecular flexibility index (Phi) is 4.23. The lowest BCUT2D eigenvalue weighted by Gasteiger charge is -2.31. The van der Waals surface area contributed by atoms with Crippen molar-refractivity contribution < 1.29 is 5.11 Å². The van der Waals surface area contributed by atoms with Crippen molar-refractivity contribution in [3.05, 3.63) is 64.1 Å². The van der Waals surface area contributed by atoms with Gasteiger partial charge in [0.2, 0.25) is 0 Å². The van der Waals surface area contributed by atoms with Crippen molar-refractivity contribution in [2.24, 2.45) is 0 Å². The Hall–Kier alpha value is -1.88. The highest BCUT2D eigenvalue weighted by Gasteiger charge is 2.35. The summed E-state index contributed by atoms with van der Waals surface area (Å²) in [6.45, 7) is 4.92. The molecule has 5 rings (SSSR count). The molecule has 27 heavy (non-hydrogen) atoms. The van der Waals surface area contributed by atoms with E-state index in [1.54, 1.807) is 12.4 Å². The summed E-state index contributed by atoms with van der Waals surface area (Å²) in [4.78, 5) is 6.68. The van der Waals surface area contributed by atoms with Crippen molar-refractivity contribution in [1.82, 2.24) is 14.5 Å². The van der Waals surface area contributed by atoms with Crippen LogP contribution in [0.15, 0.2) is 36.7 Å². The van der Waals surface area contributed by atoms with E-state index in [1.807, 2.05) is 12.1 Å². The minimum Gasteiger partial charge on any atom is -0.387 e. The van der Waals surface area contributed by atoms with Crippen LogP contribution in [0, 0.1) is 6.92 Å². The van der Waals surface area contributed by atoms with Crippen molar-refractivity contribution in [3.8, 4) is 0 Å². The highest BCUT2D eigenvalue weighted by atomic mass is 35.5. The van der Waals surface area contributed by atoms with Gasteiger partial charge < -0.3 is 9.67 Å². The van der Waals surface area contributed by atoms with Crippen LogP contribution in [0.4, 0.5) is 0 Å². The molecule has 0 aliphatic carbocycles. The van der Waals surface area contributed by atoms with Crippen LogP contribution in [0.1, 0.15) is 47.4 Å². The van der Waals surface area contributed by atoms with Gasteiger partial charge in [-0.2, -0.15) is 0 Å². The molecule has 1 fully saturated rings. The van der Waals surface area contributed by atoms with E-state index >= 15 is 0 Å². The first-order valence-electron chi connectivity index (χ1n) is 9.76. The van der Waals surface area contributed by atoms with Gasteiger partial charge in [-0.25, -0.2) is 0 Å². The fourth-order valence-electron chi connectivity index (χ4n) is 4.94. The molecule has 2 aliphatic heterocycles. The quantitative estimate of drug-likeness (QED) is 0.729. The average Bonchev–Trinajstić information content (AvgIpc) is 3.26. The summed E-state index contributed by atoms with van der Waals surface area (Å²) in [5.41, 5.74) is 6.02. The lowest BCUT2D eigenvalue weighted by molar-refractivity contribution is 0.155. The molecule has 1 saturated heterocycles. The third kappa shape index (κ3) is 2.78. The monoisotopic (exact) mass is 381 g/mol. The molecule has 1 N–H and O–H groups in total. The van der Waals surface area contributed by atoms with E-state index in [0.29, 0.717) is 12.6 Å². The summed E-state index contributed by atoms with van der Waals surface area (Å²) in [5.74, 6) is 0. The Labute approximate surface area is 164 Å². The SMILES string of the molecule is Cc1cc2c3c(n(CC(O)c4ccncc4)c2cc1Cl)CCN1CCCC31. The first kappa shape index (κ1) is 17.2. The number of nitrogens with zero attached hydrogens (tertiary/aromatic N) is 3. The zero-order chi connectivity index (χ0) is 18.5. The summed E-state index contributed by atoms with van der Waals surface area (Å²) in [7, 11) is 0. The molecule has 4 heterocycles. The molecule has 4 nitrogen and oxygen atoms in total. The van der Waals surface area contributed by atoms with Crippen molar-refractivity contribution >= 4 is 22.5 Å². The molecule has 1 aromatic carbocycles. The Bertz CT molecular complexity index is 998. The van der Waals surface area contributed by atoms with Gasteiger partial charge in [0, 0.05) is 47.5 Å². The highest BCUT2D eigenvalue weighted by molar-refractivity contribution is 6.32. The van der Waals surface area contributed by atoms with Gasteiger partial charge in [0.15, 0.2) is 0 Å². The Morgan fingerprint density at radius 3 is 2.89 bits per heavy atom. The summed E-state index contributed by atoms with van der Waals surface area (Å²) >= 11 is 6.49. The van der Waals surface area contributed by atoms with Crippen molar-refractivity contribution in [2.75, 3.05) is 13.1 Å². The second-order valence-corrected chi connectivity index (χ2v) is 8.24. The van der Waals surface area contributed by atoms with Crippen LogP contribution in [0.3, 0.4) is 0 Å². The van der Waals surface area contributed by atoms with E-state index in [1.165, 1.54) is 36.0 Å². The van der Waals surface area contributed by atoms with Crippen LogP contribution >= 0.6 is 11.6 Å². The highest BCUT2D eigenvalue weighted by Crippen LogP contribution is 2.44. The predicted molar refractivity (Wildman–Crippen MR) is 108 cm³/mol. The number of aromatic nitrogens is 2. The van der Waals surface area contributed by atoms with Gasteiger partial charge in [-0.05, 0) is 67.3 Å². The number of fused-ring (bicyclic) bond motifs is 5. The maximum Gasteiger partial charge on any atom is 0.0970 e. The molecule has 2 aromatic heterocycles. The van der Waals surface area contributed by atoms with E-state index in [-0.39, 0.29) is 0 Å². The third-order valence-corrected chi connectivity index (χ3v) is 6.68. The van der Waals surface area contributed by atoms with E-state index in [9.17, 15) is 5.11 Å². The smallest absolute Gasteiger partial charge is 0.0970 e. The fraction of sp³-hybridized carbons (Fsp3) is 0.409. The summed E-state index contributed by atoms with van der Waals surface area (Å²) in [6, 6.07) is 8.62. The van der Waals surface area contributed by atoms with Crippen LogP contribution in [0.5, 0.6) is 0 Å². The van der Waals surface area contributed by atoms with E-state index in [4.69, 9.17) is 11.6 Å². The van der Waals surface area contributed by atoms with Crippen LogP contribution in [-0.2, 0) is 13.0 Å². The summed E-state index contributed by atoms with van der Waals surface area (Å²) in [5, 5.41) is 13.0. The summed E-state index contributed by atoms with van der Waals surface area (Å²) < 4.78 is 2.32. The first-order valence-corrected chi connectivity index (χ1v) is 10.1. The van der Waals surface area contributed by atoms with Gasteiger partial charge >= 0.3 is 0 Å². The molecule has 0 amide bonds. The molecular formula is C22H24ClN3O. The van der Waals surface area contributed by atoms with Crippen molar-refractivity contribution in [2.45, 2.75) is 44.9 Å². The fourth-order valence-corrected chi connectivity index (χ4v) is 5.10. The molecule has 0 bridgehead atoms. The van der Waals surface area contributed by atoms with Crippen molar-refractivity contribution in [1.29, 1.82) is 0 Å². The van der Waals surface area contributed by atoms with Crippen LogP contribution < -0.4 is 0 Å². The van der Waals surface area contributed by atoms with Gasteiger partial charge in [0.05, 0.1) is 18.2 Å². The zero-order valence-corrected chi connectivity index (χ0v) is 16.3. The standard InChI is InChI=1S/C22H24ClN3O/c1-14-11-16-20(12-17(14)23)26(13-21(27)15-4-7-24-8-5-15)19-6-10-25-9-2-3-18(25)22(16)19/h4-5,7-8,11-12,18,21,27H,2-3,6,9-10,13H2,1H3. The number of hydrogen-bond donors (Lipinski definition) is 1. The third-order valence-electron chi connectivity index (χ3n) is 6.27. The van der Waals surface area contributed by atoms with E-state index in [2.05, 4.69) is 33.5 Å². The molecule has 3 aromatic rings. The van der Waals surface area contributed by atoms with Crippen LogP contribution in [0.25, 0.3) is 10.9 Å². The molecule has 5 heteroatoms. The average molecular weight is 382 g/mol. The Morgan fingerprint density at radius 1 is 1.26 bits per heavy atom. The molecule has 0 saturated carbocycles. The lowest BCUT2D eigenvalue weighted by atomic mass is 9.95. The minimum atomic E-state index is -0.561. The number of hydrogen-bond acceptors (Lipinski definition) is 3. The number of aliphatic hydroxyl groups is 1. The second kappa shape index (κ2) is 6.62. The van der Waals surface area contributed by atoms with E-state index in [0.717, 1.165) is 34.6 Å². The van der Waals surface area contributed by atoms with Gasteiger partial charge in [-0.1, -0.05) is 11.6 Å². The topological polar surface area (TPSA) is 41.3 Å². The van der Waals surface area contributed by atoms with Gasteiger partial charge in [0.1, 0.15) is 0 Å². The van der Waals surface area contributed by atoms with Crippen LogP contribution in [-0.4, -0.2) is 32.6 Å². The van der Waals surface area contributed by atoms with Gasteiger partial charge in [0.25, 0.3) is 0 Å². The lowest BCUT2D eigenvalue weighted by Crippen LogP contribution is -2.31. The molecular weight excluding hydrogens is 358 g/mol. The number of aliphatic hydroxyl groups excluding tert-OH is 1. The second-order valence-electron chi connectivity index (χ2n) is 7.83. The van der Waals surface area contributed by atoms with Gasteiger partial charge in [-0.3, -0.25) is 9.88 Å². The number of pyridine rings is 1. The molecule has 140 valence electrons. The van der Waals surface area contributed by atoms with Crippen molar-refractivity contribution in [3.63, 3.8) is 0 Å². The Morgan fingerprint density at radius 2 is 2.07 bits per heavy atom. The molecule has 2 aliphatic rings. The Balaban J connectivity index is 1.66. The van der Waals surface area contributed by atoms with E-state index < -0.39 is 6.10 Å². The first-order chi connectivity index (χ1) is 13.1. The molecule has 0 radical (unpaired) electrons. The largest absolute Gasteiger partial charge is 0.387 e. The number of benzene rings is 1. The number of halogens is 1. The normalized spacial score (nSPS) is 20.6. The molecule has 0 spiro atoms. The summed E-state index contributed by atoms with van der Waals surface area (Å²) in [6.07, 6.45) is 6.43. The predicted octanol–water partition coefficient (Wildman–Crippen LogP) is 4.42. The minimum absolute atomic E-state index is 0.510. The number of rotatable bonds is 3.